The average Bonchev–Trinajstić information content (AvgIpc) is 2.75. The minimum atomic E-state index is -4.96. The van der Waals surface area contributed by atoms with Gasteiger partial charge in [0, 0.05) is 24.5 Å². The van der Waals surface area contributed by atoms with Crippen molar-refractivity contribution >= 4 is 35.0 Å². The van der Waals surface area contributed by atoms with E-state index in [2.05, 4.69) is 15.3 Å². The van der Waals surface area contributed by atoms with Gasteiger partial charge in [0.2, 0.25) is 6.08 Å². The molecule has 1 heterocycles. The third-order valence-electron chi connectivity index (χ3n) is 4.29. The summed E-state index contributed by atoms with van der Waals surface area (Å²) in [6, 6.07) is 9.36. The molecule has 2 aromatic carbocycles. The van der Waals surface area contributed by atoms with E-state index in [1.165, 1.54) is 49.7 Å². The largest absolute Gasteiger partial charge is 0.457 e. The highest BCUT2D eigenvalue weighted by Gasteiger charge is 2.39. The fraction of sp³-hybridized carbons (Fsp3) is 0.0952. The number of hydrogen-bond acceptors (Lipinski definition) is 6. The van der Waals surface area contributed by atoms with E-state index >= 15 is 0 Å². The Bertz CT molecular complexity index is 1220. The number of aromatic nitrogens is 1. The summed E-state index contributed by atoms with van der Waals surface area (Å²) in [4.78, 5) is 30.8. The fourth-order valence-corrected chi connectivity index (χ4v) is 3.23. The van der Waals surface area contributed by atoms with Gasteiger partial charge < -0.3 is 15.8 Å². The van der Waals surface area contributed by atoms with Crippen molar-refractivity contribution in [1.82, 2.24) is 10.3 Å². The minimum Gasteiger partial charge on any atom is -0.457 e. The van der Waals surface area contributed by atoms with Crippen molar-refractivity contribution in [2.75, 3.05) is 12.8 Å². The molecule has 7 nitrogen and oxygen atoms in total. The van der Waals surface area contributed by atoms with Crippen LogP contribution in [0.25, 0.3) is 11.1 Å². The zero-order valence-corrected chi connectivity index (χ0v) is 17.1. The van der Waals surface area contributed by atoms with Gasteiger partial charge in [-0.05, 0) is 42.5 Å². The Hall–Kier alpha value is -3.88. The number of carbonyl (C=O) groups excluding carboxylic acids is 2. The molecule has 0 aliphatic rings. The predicted octanol–water partition coefficient (Wildman–Crippen LogP) is 5.12. The van der Waals surface area contributed by atoms with Gasteiger partial charge in [-0.1, -0.05) is 11.6 Å². The van der Waals surface area contributed by atoms with Gasteiger partial charge in [-0.3, -0.25) is 9.78 Å². The summed E-state index contributed by atoms with van der Waals surface area (Å²) in [5, 5.41) is 1.65. The molecule has 0 bridgehead atoms. The number of benzene rings is 2. The first-order chi connectivity index (χ1) is 15.2. The Balaban J connectivity index is 2.42. The number of carbonyl (C=O) groups is 1. The first-order valence-electron chi connectivity index (χ1n) is 8.89. The van der Waals surface area contributed by atoms with Crippen LogP contribution in [0, 0.1) is 0 Å². The summed E-state index contributed by atoms with van der Waals surface area (Å²) in [5.41, 5.74) is 2.97. The van der Waals surface area contributed by atoms with E-state index < -0.39 is 39.6 Å². The van der Waals surface area contributed by atoms with E-state index in [-0.39, 0.29) is 17.1 Å². The molecule has 0 aliphatic carbocycles. The monoisotopic (exact) mass is 462 g/mol. The van der Waals surface area contributed by atoms with Crippen LogP contribution in [0.5, 0.6) is 11.5 Å². The smallest absolute Gasteiger partial charge is 0.418 e. The highest BCUT2D eigenvalue weighted by Crippen LogP contribution is 2.49. The van der Waals surface area contributed by atoms with Crippen LogP contribution in [-0.4, -0.2) is 24.0 Å². The maximum absolute atomic E-state index is 14.0. The Morgan fingerprint density at radius 1 is 1.16 bits per heavy atom. The number of halogens is 4. The molecule has 1 aromatic heterocycles. The molecule has 11 heteroatoms. The molecule has 0 aliphatic heterocycles. The second-order valence-electron chi connectivity index (χ2n) is 6.30. The van der Waals surface area contributed by atoms with E-state index in [1.807, 2.05) is 0 Å². The number of anilines is 1. The number of aliphatic imine (C=N–C) groups is 1. The maximum atomic E-state index is 14.0. The molecule has 0 fully saturated rings. The number of pyridine rings is 1. The summed E-state index contributed by atoms with van der Waals surface area (Å²) >= 11 is 5.90. The number of hydrogen-bond donors (Lipinski definition) is 2. The van der Waals surface area contributed by atoms with Crippen molar-refractivity contribution < 1.29 is 27.5 Å². The Morgan fingerprint density at radius 2 is 1.84 bits per heavy atom. The van der Waals surface area contributed by atoms with Crippen LogP contribution in [0.2, 0.25) is 5.02 Å². The van der Waals surface area contributed by atoms with E-state index in [0.29, 0.717) is 5.69 Å². The summed E-state index contributed by atoms with van der Waals surface area (Å²) in [6.07, 6.45) is -2.55. The number of rotatable bonds is 5. The van der Waals surface area contributed by atoms with Crippen molar-refractivity contribution in [3.63, 3.8) is 0 Å². The number of alkyl halides is 3. The molecule has 0 saturated heterocycles. The molecule has 1 amide bonds. The predicted molar refractivity (Wildman–Crippen MR) is 112 cm³/mol. The zero-order valence-electron chi connectivity index (χ0n) is 16.3. The fourth-order valence-electron chi connectivity index (χ4n) is 2.96. The number of nitrogens with one attached hydrogen (secondary N) is 1. The summed E-state index contributed by atoms with van der Waals surface area (Å²) in [5.74, 6) is -0.721. The van der Waals surface area contributed by atoms with Gasteiger partial charge in [-0.2, -0.15) is 18.2 Å². The average molecular weight is 463 g/mol. The molecule has 3 N–H and O–H groups in total. The van der Waals surface area contributed by atoms with Crippen LogP contribution in [0.1, 0.15) is 16.1 Å². The second-order valence-corrected chi connectivity index (χ2v) is 6.71. The lowest BCUT2D eigenvalue weighted by atomic mass is 9.94. The third kappa shape index (κ3) is 4.56. The molecule has 164 valence electrons. The lowest BCUT2D eigenvalue weighted by molar-refractivity contribution is -0.136. The quantitative estimate of drug-likeness (QED) is 0.311. The van der Waals surface area contributed by atoms with Crippen LogP contribution in [-0.2, 0) is 11.0 Å². The van der Waals surface area contributed by atoms with Crippen molar-refractivity contribution in [1.29, 1.82) is 0 Å². The van der Waals surface area contributed by atoms with E-state index in [4.69, 9.17) is 22.1 Å². The standard InChI is InChI=1S/C21H14ClF3N4O3/c1-27-20(31)19-17(15(8-9-28-19)32-12-4-2-11(26)3-5-12)16-14(29-10-30)7-6-13(22)18(16)21(23,24)25/h2-9H,26H2,1H3,(H,27,31). The normalized spacial score (nSPS) is 10.9. The van der Waals surface area contributed by atoms with Crippen LogP contribution >= 0.6 is 11.6 Å². The Morgan fingerprint density at radius 3 is 2.44 bits per heavy atom. The van der Waals surface area contributed by atoms with Gasteiger partial charge in [0.25, 0.3) is 5.91 Å². The Labute approximate surface area is 184 Å². The summed E-state index contributed by atoms with van der Waals surface area (Å²) < 4.78 is 47.9. The van der Waals surface area contributed by atoms with Crippen LogP contribution in [0.15, 0.2) is 53.7 Å². The molecular weight excluding hydrogens is 449 g/mol. The molecule has 0 radical (unpaired) electrons. The summed E-state index contributed by atoms with van der Waals surface area (Å²) in [7, 11) is 1.29. The molecule has 32 heavy (non-hydrogen) atoms. The molecular formula is C21H14ClF3N4O3. The number of isocyanates is 1. The molecule has 0 spiro atoms. The number of nitrogen functional groups attached to an aromatic ring is 1. The van der Waals surface area contributed by atoms with Gasteiger partial charge in [-0.25, -0.2) is 4.79 Å². The zero-order chi connectivity index (χ0) is 23.5. The molecule has 0 unspecified atom stereocenters. The number of ether oxygens (including phenoxy) is 1. The van der Waals surface area contributed by atoms with Crippen LogP contribution < -0.4 is 15.8 Å². The summed E-state index contributed by atoms with van der Waals surface area (Å²) in [6.45, 7) is 0. The van der Waals surface area contributed by atoms with Crippen molar-refractivity contribution in [2.45, 2.75) is 6.18 Å². The van der Waals surface area contributed by atoms with Crippen LogP contribution in [0.4, 0.5) is 24.5 Å². The first kappa shape index (κ1) is 22.8. The van der Waals surface area contributed by atoms with Crippen molar-refractivity contribution in [2.24, 2.45) is 4.99 Å². The molecule has 3 aromatic rings. The molecule has 0 atom stereocenters. The first-order valence-corrected chi connectivity index (χ1v) is 9.27. The maximum Gasteiger partial charge on any atom is 0.418 e. The van der Waals surface area contributed by atoms with E-state index in [0.717, 1.165) is 12.1 Å². The van der Waals surface area contributed by atoms with Gasteiger partial charge >= 0.3 is 6.18 Å². The topological polar surface area (TPSA) is 107 Å². The highest BCUT2D eigenvalue weighted by atomic mass is 35.5. The van der Waals surface area contributed by atoms with Crippen molar-refractivity contribution in [3.05, 3.63) is 64.9 Å². The number of nitrogens with two attached hydrogens (primary N) is 1. The lowest BCUT2D eigenvalue weighted by Gasteiger charge is -2.20. The van der Waals surface area contributed by atoms with E-state index in [9.17, 15) is 22.8 Å². The van der Waals surface area contributed by atoms with Crippen LogP contribution in [0.3, 0.4) is 0 Å². The third-order valence-corrected chi connectivity index (χ3v) is 4.61. The second kappa shape index (κ2) is 9.09. The highest BCUT2D eigenvalue weighted by molar-refractivity contribution is 6.32. The molecule has 3 rings (SSSR count). The van der Waals surface area contributed by atoms with Gasteiger partial charge in [0.05, 0.1) is 21.8 Å². The van der Waals surface area contributed by atoms with Crippen molar-refractivity contribution in [3.8, 4) is 22.6 Å². The number of nitrogens with zero attached hydrogens (tertiary/aromatic N) is 2. The van der Waals surface area contributed by atoms with Gasteiger partial charge in [0.1, 0.15) is 17.2 Å². The van der Waals surface area contributed by atoms with E-state index in [1.54, 1.807) is 0 Å². The van der Waals surface area contributed by atoms with Gasteiger partial charge in [0.15, 0.2) is 0 Å². The minimum absolute atomic E-state index is 0.154. The van der Waals surface area contributed by atoms with Gasteiger partial charge in [-0.15, -0.1) is 0 Å². The molecule has 0 saturated carbocycles. The Kier molecular flexibility index (Phi) is 6.47. The lowest BCUT2D eigenvalue weighted by Crippen LogP contribution is -2.21. The number of amides is 1. The SMILES string of the molecule is CNC(=O)c1nccc(Oc2ccc(N)cc2)c1-c1c(N=C=O)ccc(Cl)c1C(F)(F)F.